The summed E-state index contributed by atoms with van der Waals surface area (Å²) in [6, 6.07) is 19.0. The van der Waals surface area contributed by atoms with E-state index in [1.54, 1.807) is 0 Å². The van der Waals surface area contributed by atoms with Crippen molar-refractivity contribution in [3.8, 4) is 0 Å². The SMILES string of the molecule is CCN(c1ccccc1)c1ccc(C(C)N)cc1. The number of para-hydroxylation sites is 1. The van der Waals surface area contributed by atoms with E-state index in [1.807, 2.05) is 13.0 Å². The lowest BCUT2D eigenvalue weighted by Crippen LogP contribution is -2.16. The van der Waals surface area contributed by atoms with E-state index in [2.05, 4.69) is 60.4 Å². The monoisotopic (exact) mass is 240 g/mol. The molecule has 1 unspecified atom stereocenters. The Morgan fingerprint density at radius 1 is 0.944 bits per heavy atom. The van der Waals surface area contributed by atoms with Crippen molar-refractivity contribution >= 4 is 11.4 Å². The van der Waals surface area contributed by atoms with Gasteiger partial charge in [0.05, 0.1) is 0 Å². The zero-order chi connectivity index (χ0) is 13.0. The van der Waals surface area contributed by atoms with Gasteiger partial charge < -0.3 is 10.6 Å². The van der Waals surface area contributed by atoms with Crippen LogP contribution in [-0.4, -0.2) is 6.54 Å². The minimum atomic E-state index is 0.0888. The van der Waals surface area contributed by atoms with Gasteiger partial charge in [-0.05, 0) is 43.7 Å². The molecule has 0 aliphatic carbocycles. The first-order valence-electron chi connectivity index (χ1n) is 6.40. The molecule has 2 aromatic carbocycles. The summed E-state index contributed by atoms with van der Waals surface area (Å²) in [5.74, 6) is 0. The van der Waals surface area contributed by atoms with Crippen LogP contribution in [0.15, 0.2) is 54.6 Å². The summed E-state index contributed by atoms with van der Waals surface area (Å²) in [6.07, 6.45) is 0. The zero-order valence-corrected chi connectivity index (χ0v) is 11.0. The number of benzene rings is 2. The summed E-state index contributed by atoms with van der Waals surface area (Å²) >= 11 is 0. The van der Waals surface area contributed by atoms with Crippen LogP contribution in [0.4, 0.5) is 11.4 Å². The standard InChI is InChI=1S/C16H20N2/c1-3-18(15-7-5-4-6-8-15)16-11-9-14(10-12-16)13(2)17/h4-13H,3,17H2,1-2H3. The molecular weight excluding hydrogens is 220 g/mol. The van der Waals surface area contributed by atoms with E-state index in [0.717, 1.165) is 6.54 Å². The van der Waals surface area contributed by atoms with Gasteiger partial charge in [-0.15, -0.1) is 0 Å². The van der Waals surface area contributed by atoms with Crippen molar-refractivity contribution in [2.24, 2.45) is 5.73 Å². The summed E-state index contributed by atoms with van der Waals surface area (Å²) in [5.41, 5.74) is 9.46. The summed E-state index contributed by atoms with van der Waals surface area (Å²) in [7, 11) is 0. The smallest absolute Gasteiger partial charge is 0.0410 e. The number of rotatable bonds is 4. The predicted octanol–water partition coefficient (Wildman–Crippen LogP) is 3.86. The average molecular weight is 240 g/mol. The molecule has 0 saturated heterocycles. The Bertz CT molecular complexity index is 474. The van der Waals surface area contributed by atoms with Crippen molar-refractivity contribution in [2.75, 3.05) is 11.4 Å². The normalized spacial score (nSPS) is 12.2. The molecule has 0 saturated carbocycles. The van der Waals surface area contributed by atoms with E-state index >= 15 is 0 Å². The molecule has 2 heteroatoms. The Kier molecular flexibility index (Phi) is 4.00. The fourth-order valence-electron chi connectivity index (χ4n) is 2.08. The van der Waals surface area contributed by atoms with Crippen LogP contribution in [0.2, 0.25) is 0 Å². The minimum Gasteiger partial charge on any atom is -0.342 e. The predicted molar refractivity (Wildman–Crippen MR) is 78.2 cm³/mol. The van der Waals surface area contributed by atoms with Crippen LogP contribution in [0.3, 0.4) is 0 Å². The Morgan fingerprint density at radius 2 is 1.50 bits per heavy atom. The molecule has 18 heavy (non-hydrogen) atoms. The van der Waals surface area contributed by atoms with E-state index in [4.69, 9.17) is 5.73 Å². The van der Waals surface area contributed by atoms with E-state index in [0.29, 0.717) is 0 Å². The summed E-state index contributed by atoms with van der Waals surface area (Å²) in [4.78, 5) is 2.28. The highest BCUT2D eigenvalue weighted by molar-refractivity contribution is 5.63. The van der Waals surface area contributed by atoms with Gasteiger partial charge in [0.25, 0.3) is 0 Å². The highest BCUT2D eigenvalue weighted by Crippen LogP contribution is 2.25. The van der Waals surface area contributed by atoms with E-state index in [9.17, 15) is 0 Å². The maximum absolute atomic E-state index is 5.87. The molecule has 0 aliphatic heterocycles. The third-order valence-electron chi connectivity index (χ3n) is 3.11. The van der Waals surface area contributed by atoms with Gasteiger partial charge in [-0.1, -0.05) is 30.3 Å². The number of nitrogens with zero attached hydrogens (tertiary/aromatic N) is 1. The molecule has 1 atom stereocenters. The molecule has 2 N–H and O–H groups in total. The molecule has 2 nitrogen and oxygen atoms in total. The molecule has 0 amide bonds. The van der Waals surface area contributed by atoms with Gasteiger partial charge in [-0.25, -0.2) is 0 Å². The van der Waals surface area contributed by atoms with Gasteiger partial charge >= 0.3 is 0 Å². The second kappa shape index (κ2) is 5.69. The molecule has 0 aromatic heterocycles. The van der Waals surface area contributed by atoms with Gasteiger partial charge in [0.2, 0.25) is 0 Å². The van der Waals surface area contributed by atoms with Gasteiger partial charge in [0, 0.05) is 24.0 Å². The van der Waals surface area contributed by atoms with Crippen molar-refractivity contribution < 1.29 is 0 Å². The van der Waals surface area contributed by atoms with Crippen LogP contribution in [-0.2, 0) is 0 Å². The summed E-state index contributed by atoms with van der Waals surface area (Å²) < 4.78 is 0. The van der Waals surface area contributed by atoms with Crippen molar-refractivity contribution in [1.82, 2.24) is 0 Å². The molecule has 0 bridgehead atoms. The Labute approximate surface area is 109 Å². The maximum atomic E-state index is 5.87. The number of anilines is 2. The van der Waals surface area contributed by atoms with Crippen LogP contribution in [0.1, 0.15) is 25.5 Å². The van der Waals surface area contributed by atoms with Gasteiger partial charge in [-0.2, -0.15) is 0 Å². The molecule has 0 heterocycles. The van der Waals surface area contributed by atoms with Crippen LogP contribution in [0, 0.1) is 0 Å². The molecule has 0 fully saturated rings. The van der Waals surface area contributed by atoms with Gasteiger partial charge in [-0.3, -0.25) is 0 Å². The lowest BCUT2D eigenvalue weighted by molar-refractivity contribution is 0.818. The first-order valence-corrected chi connectivity index (χ1v) is 6.40. The van der Waals surface area contributed by atoms with Crippen LogP contribution >= 0.6 is 0 Å². The molecule has 0 radical (unpaired) electrons. The van der Waals surface area contributed by atoms with E-state index in [-0.39, 0.29) is 6.04 Å². The molecular formula is C16H20N2. The van der Waals surface area contributed by atoms with Crippen molar-refractivity contribution in [3.63, 3.8) is 0 Å². The van der Waals surface area contributed by atoms with Crippen LogP contribution < -0.4 is 10.6 Å². The lowest BCUT2D eigenvalue weighted by atomic mass is 10.1. The Morgan fingerprint density at radius 3 is 2.00 bits per heavy atom. The highest BCUT2D eigenvalue weighted by Gasteiger charge is 2.07. The van der Waals surface area contributed by atoms with Crippen molar-refractivity contribution in [1.29, 1.82) is 0 Å². The average Bonchev–Trinajstić information content (AvgIpc) is 2.41. The highest BCUT2D eigenvalue weighted by atomic mass is 15.1. The topological polar surface area (TPSA) is 29.3 Å². The van der Waals surface area contributed by atoms with Crippen molar-refractivity contribution in [2.45, 2.75) is 19.9 Å². The Balaban J connectivity index is 2.28. The second-order valence-electron chi connectivity index (χ2n) is 4.46. The summed E-state index contributed by atoms with van der Waals surface area (Å²) in [6.45, 7) is 5.11. The zero-order valence-electron chi connectivity index (χ0n) is 11.0. The molecule has 0 spiro atoms. The number of hydrogen-bond donors (Lipinski definition) is 1. The van der Waals surface area contributed by atoms with E-state index < -0.39 is 0 Å². The number of hydrogen-bond acceptors (Lipinski definition) is 2. The van der Waals surface area contributed by atoms with Gasteiger partial charge in [0.15, 0.2) is 0 Å². The molecule has 2 aromatic rings. The van der Waals surface area contributed by atoms with Crippen molar-refractivity contribution in [3.05, 3.63) is 60.2 Å². The van der Waals surface area contributed by atoms with E-state index in [1.165, 1.54) is 16.9 Å². The fourth-order valence-corrected chi connectivity index (χ4v) is 2.08. The molecule has 94 valence electrons. The first-order chi connectivity index (χ1) is 8.72. The van der Waals surface area contributed by atoms with Gasteiger partial charge in [0.1, 0.15) is 0 Å². The quantitative estimate of drug-likeness (QED) is 0.879. The number of nitrogens with two attached hydrogens (primary N) is 1. The Hall–Kier alpha value is -1.80. The minimum absolute atomic E-state index is 0.0888. The maximum Gasteiger partial charge on any atom is 0.0410 e. The third kappa shape index (κ3) is 2.71. The second-order valence-corrected chi connectivity index (χ2v) is 4.46. The first kappa shape index (κ1) is 12.7. The lowest BCUT2D eigenvalue weighted by Gasteiger charge is -2.23. The molecule has 2 rings (SSSR count). The molecule has 0 aliphatic rings. The van der Waals surface area contributed by atoms with Crippen LogP contribution in [0.5, 0.6) is 0 Å². The largest absolute Gasteiger partial charge is 0.342 e. The summed E-state index contributed by atoms with van der Waals surface area (Å²) in [5, 5.41) is 0. The fraction of sp³-hybridized carbons (Fsp3) is 0.250. The van der Waals surface area contributed by atoms with Crippen LogP contribution in [0.25, 0.3) is 0 Å². The third-order valence-corrected chi connectivity index (χ3v) is 3.11.